The van der Waals surface area contributed by atoms with Gasteiger partial charge in [-0.3, -0.25) is 4.79 Å². The van der Waals surface area contributed by atoms with E-state index in [2.05, 4.69) is 10.6 Å². The van der Waals surface area contributed by atoms with Crippen LogP contribution in [0.3, 0.4) is 0 Å². The first-order valence-electron chi connectivity index (χ1n) is 6.47. The molecule has 2 N–H and O–H groups in total. The van der Waals surface area contributed by atoms with Crippen LogP contribution in [0.25, 0.3) is 0 Å². The highest BCUT2D eigenvalue weighted by Gasteiger charge is 2.09. The standard InChI is InChI=1S/C14H22N2O3/c1-3-15-13-7-5-4-6-12(13)14(17)16-8-9-19-11-10-18-2/h4-7,15H,3,8-11H2,1-2H3,(H,16,17). The number of hydrogen-bond donors (Lipinski definition) is 2. The molecule has 0 heterocycles. The van der Waals surface area contributed by atoms with Crippen molar-refractivity contribution in [2.75, 3.05) is 45.3 Å². The fourth-order valence-corrected chi connectivity index (χ4v) is 1.60. The molecule has 0 aliphatic carbocycles. The van der Waals surface area contributed by atoms with Gasteiger partial charge in [0.25, 0.3) is 5.91 Å². The number of para-hydroxylation sites is 1. The first kappa shape index (κ1) is 15.5. The highest BCUT2D eigenvalue weighted by Crippen LogP contribution is 2.14. The number of nitrogens with one attached hydrogen (secondary N) is 2. The van der Waals surface area contributed by atoms with Crippen LogP contribution in [0, 0.1) is 0 Å². The summed E-state index contributed by atoms with van der Waals surface area (Å²) < 4.78 is 10.1. The van der Waals surface area contributed by atoms with E-state index in [1.165, 1.54) is 0 Å². The average Bonchev–Trinajstić information content (AvgIpc) is 2.43. The van der Waals surface area contributed by atoms with Crippen LogP contribution in [0.15, 0.2) is 24.3 Å². The van der Waals surface area contributed by atoms with E-state index in [9.17, 15) is 4.79 Å². The topological polar surface area (TPSA) is 59.6 Å². The lowest BCUT2D eigenvalue weighted by Gasteiger charge is -2.11. The molecule has 0 spiro atoms. The van der Waals surface area contributed by atoms with E-state index < -0.39 is 0 Å². The third-order valence-electron chi connectivity index (χ3n) is 2.50. The summed E-state index contributed by atoms with van der Waals surface area (Å²) in [7, 11) is 1.63. The molecule has 0 aliphatic rings. The van der Waals surface area contributed by atoms with E-state index in [0.29, 0.717) is 31.9 Å². The molecule has 19 heavy (non-hydrogen) atoms. The van der Waals surface area contributed by atoms with Gasteiger partial charge in [-0.05, 0) is 19.1 Å². The molecule has 0 radical (unpaired) electrons. The van der Waals surface area contributed by atoms with Gasteiger partial charge in [0.2, 0.25) is 0 Å². The monoisotopic (exact) mass is 266 g/mol. The fourth-order valence-electron chi connectivity index (χ4n) is 1.60. The first-order chi connectivity index (χ1) is 9.29. The minimum Gasteiger partial charge on any atom is -0.385 e. The van der Waals surface area contributed by atoms with Crippen molar-refractivity contribution in [1.29, 1.82) is 0 Å². The van der Waals surface area contributed by atoms with Gasteiger partial charge in [-0.15, -0.1) is 0 Å². The minimum absolute atomic E-state index is 0.0908. The Balaban J connectivity index is 2.36. The molecule has 1 rings (SSSR count). The van der Waals surface area contributed by atoms with Gasteiger partial charge < -0.3 is 20.1 Å². The highest BCUT2D eigenvalue weighted by atomic mass is 16.5. The van der Waals surface area contributed by atoms with Gasteiger partial charge in [0.1, 0.15) is 0 Å². The molecule has 0 saturated heterocycles. The zero-order chi connectivity index (χ0) is 13.9. The largest absolute Gasteiger partial charge is 0.385 e. The second-order valence-corrected chi connectivity index (χ2v) is 3.94. The van der Waals surface area contributed by atoms with Crippen molar-refractivity contribution in [3.63, 3.8) is 0 Å². The summed E-state index contributed by atoms with van der Waals surface area (Å²) in [6.07, 6.45) is 0. The maximum Gasteiger partial charge on any atom is 0.253 e. The molecular weight excluding hydrogens is 244 g/mol. The number of ether oxygens (including phenoxy) is 2. The summed E-state index contributed by atoms with van der Waals surface area (Å²) in [6, 6.07) is 7.46. The number of benzene rings is 1. The lowest BCUT2D eigenvalue weighted by atomic mass is 10.1. The Kier molecular flexibility index (Phi) is 7.62. The second kappa shape index (κ2) is 9.35. The number of methoxy groups -OCH3 is 1. The summed E-state index contributed by atoms with van der Waals surface area (Å²) in [5.74, 6) is -0.0908. The fraction of sp³-hybridized carbons (Fsp3) is 0.500. The Bertz CT molecular complexity index is 383. The Morgan fingerprint density at radius 2 is 2.00 bits per heavy atom. The maximum atomic E-state index is 12.0. The molecule has 5 heteroatoms. The van der Waals surface area contributed by atoms with Gasteiger partial charge in [-0.25, -0.2) is 0 Å². The Labute approximate surface area is 114 Å². The first-order valence-corrected chi connectivity index (χ1v) is 6.47. The molecule has 1 amide bonds. The summed E-state index contributed by atoms with van der Waals surface area (Å²) in [5.41, 5.74) is 1.50. The summed E-state index contributed by atoms with van der Waals surface area (Å²) in [4.78, 5) is 12.0. The van der Waals surface area contributed by atoms with Gasteiger partial charge in [0.15, 0.2) is 0 Å². The zero-order valence-electron chi connectivity index (χ0n) is 11.6. The number of carbonyl (C=O) groups excluding carboxylic acids is 1. The molecule has 0 bridgehead atoms. The number of hydrogen-bond acceptors (Lipinski definition) is 4. The molecule has 106 valence electrons. The van der Waals surface area contributed by atoms with Gasteiger partial charge in [-0.2, -0.15) is 0 Å². The lowest BCUT2D eigenvalue weighted by Crippen LogP contribution is -2.28. The number of anilines is 1. The molecule has 0 saturated carbocycles. The predicted octanol–water partition coefficient (Wildman–Crippen LogP) is 1.51. The molecule has 1 aromatic carbocycles. The Morgan fingerprint density at radius 1 is 1.21 bits per heavy atom. The van der Waals surface area contributed by atoms with E-state index in [-0.39, 0.29) is 5.91 Å². The molecular formula is C14H22N2O3. The number of rotatable bonds is 9. The average molecular weight is 266 g/mol. The number of carbonyl (C=O) groups is 1. The van der Waals surface area contributed by atoms with Gasteiger partial charge in [-0.1, -0.05) is 12.1 Å². The molecule has 0 aliphatic heterocycles. The molecule has 0 atom stereocenters. The number of amides is 1. The van der Waals surface area contributed by atoms with Gasteiger partial charge in [0.05, 0.1) is 25.4 Å². The van der Waals surface area contributed by atoms with E-state index >= 15 is 0 Å². The maximum absolute atomic E-state index is 12.0. The highest BCUT2D eigenvalue weighted by molar-refractivity contribution is 5.99. The summed E-state index contributed by atoms with van der Waals surface area (Å²) >= 11 is 0. The van der Waals surface area contributed by atoms with Crippen LogP contribution in [0.2, 0.25) is 0 Å². The van der Waals surface area contributed by atoms with Crippen molar-refractivity contribution >= 4 is 11.6 Å². The summed E-state index contributed by atoms with van der Waals surface area (Å²) in [5, 5.41) is 6.00. The van der Waals surface area contributed by atoms with Crippen molar-refractivity contribution in [2.45, 2.75) is 6.92 Å². The smallest absolute Gasteiger partial charge is 0.253 e. The zero-order valence-corrected chi connectivity index (χ0v) is 11.6. The van der Waals surface area contributed by atoms with Crippen LogP contribution in [0.4, 0.5) is 5.69 Å². The quantitative estimate of drug-likeness (QED) is 0.665. The molecule has 0 aromatic heterocycles. The SMILES string of the molecule is CCNc1ccccc1C(=O)NCCOCCOC. The van der Waals surface area contributed by atoms with Crippen molar-refractivity contribution in [3.05, 3.63) is 29.8 Å². The van der Waals surface area contributed by atoms with Crippen molar-refractivity contribution in [2.24, 2.45) is 0 Å². The minimum atomic E-state index is -0.0908. The van der Waals surface area contributed by atoms with E-state index in [4.69, 9.17) is 9.47 Å². The molecule has 0 fully saturated rings. The third-order valence-corrected chi connectivity index (χ3v) is 2.50. The van der Waals surface area contributed by atoms with E-state index in [1.54, 1.807) is 13.2 Å². The van der Waals surface area contributed by atoms with Crippen LogP contribution in [-0.2, 0) is 9.47 Å². The predicted molar refractivity (Wildman–Crippen MR) is 75.6 cm³/mol. The van der Waals surface area contributed by atoms with Crippen LogP contribution in [-0.4, -0.2) is 45.9 Å². The van der Waals surface area contributed by atoms with E-state index in [1.807, 2.05) is 25.1 Å². The Morgan fingerprint density at radius 3 is 2.74 bits per heavy atom. The van der Waals surface area contributed by atoms with Crippen molar-refractivity contribution in [3.8, 4) is 0 Å². The van der Waals surface area contributed by atoms with Crippen LogP contribution in [0.5, 0.6) is 0 Å². The van der Waals surface area contributed by atoms with Crippen LogP contribution in [0.1, 0.15) is 17.3 Å². The molecule has 0 unspecified atom stereocenters. The third kappa shape index (κ3) is 5.72. The van der Waals surface area contributed by atoms with Gasteiger partial charge in [0, 0.05) is 25.9 Å². The van der Waals surface area contributed by atoms with E-state index in [0.717, 1.165) is 12.2 Å². The van der Waals surface area contributed by atoms with Crippen LogP contribution < -0.4 is 10.6 Å². The Hall–Kier alpha value is -1.59. The molecule has 1 aromatic rings. The van der Waals surface area contributed by atoms with Crippen molar-refractivity contribution < 1.29 is 14.3 Å². The normalized spacial score (nSPS) is 10.2. The second-order valence-electron chi connectivity index (χ2n) is 3.94. The van der Waals surface area contributed by atoms with Crippen molar-refractivity contribution in [1.82, 2.24) is 5.32 Å². The van der Waals surface area contributed by atoms with Gasteiger partial charge >= 0.3 is 0 Å². The lowest BCUT2D eigenvalue weighted by molar-refractivity contribution is 0.0693. The molecule has 5 nitrogen and oxygen atoms in total. The van der Waals surface area contributed by atoms with Crippen LogP contribution >= 0.6 is 0 Å². The summed E-state index contributed by atoms with van der Waals surface area (Å²) in [6.45, 7) is 4.86.